The van der Waals surface area contributed by atoms with Gasteiger partial charge in [0, 0.05) is 24.9 Å². The minimum absolute atomic E-state index is 0.247. The summed E-state index contributed by atoms with van der Waals surface area (Å²) in [6.45, 7) is 0.621. The van der Waals surface area contributed by atoms with E-state index in [0.717, 1.165) is 5.56 Å². The molecule has 6 N–H and O–H groups in total. The summed E-state index contributed by atoms with van der Waals surface area (Å²) in [5, 5.41) is 4.96. The van der Waals surface area contributed by atoms with E-state index in [4.69, 9.17) is 11.5 Å². The molecule has 0 radical (unpaired) electrons. The van der Waals surface area contributed by atoms with Gasteiger partial charge in [-0.25, -0.2) is 4.79 Å². The molecule has 0 aliphatic carbocycles. The van der Waals surface area contributed by atoms with Crippen molar-refractivity contribution in [2.75, 3.05) is 18.8 Å². The fourth-order valence-electron chi connectivity index (χ4n) is 1.26. The summed E-state index contributed by atoms with van der Waals surface area (Å²) in [4.78, 5) is 21.7. The number of nitrogen functional groups attached to an aromatic ring is 1. The third kappa shape index (κ3) is 5.55. The SMILES string of the molecule is NC(=O)NCCNC(=O)/C=C/c1cccc(N)c1. The van der Waals surface area contributed by atoms with Gasteiger partial charge in [0.2, 0.25) is 5.91 Å². The lowest BCUT2D eigenvalue weighted by Crippen LogP contribution is -2.36. The van der Waals surface area contributed by atoms with E-state index in [1.165, 1.54) is 6.08 Å². The molecule has 6 heteroatoms. The zero-order chi connectivity index (χ0) is 13.4. The molecule has 0 aromatic heterocycles. The third-order valence-electron chi connectivity index (χ3n) is 2.06. The molecule has 18 heavy (non-hydrogen) atoms. The Kier molecular flexibility index (Phi) is 5.24. The minimum atomic E-state index is -0.612. The quantitative estimate of drug-likeness (QED) is 0.336. The van der Waals surface area contributed by atoms with Crippen molar-refractivity contribution in [3.63, 3.8) is 0 Å². The van der Waals surface area contributed by atoms with Gasteiger partial charge in [0.05, 0.1) is 0 Å². The highest BCUT2D eigenvalue weighted by molar-refractivity contribution is 5.91. The van der Waals surface area contributed by atoms with Gasteiger partial charge in [-0.2, -0.15) is 0 Å². The molecule has 1 rings (SSSR count). The molecule has 0 atom stereocenters. The minimum Gasteiger partial charge on any atom is -0.399 e. The van der Waals surface area contributed by atoms with Gasteiger partial charge >= 0.3 is 6.03 Å². The number of rotatable bonds is 5. The van der Waals surface area contributed by atoms with Crippen molar-refractivity contribution in [1.29, 1.82) is 0 Å². The standard InChI is InChI=1S/C12H16N4O2/c13-10-3-1-2-9(8-10)4-5-11(17)15-6-7-16-12(14)18/h1-5,8H,6-7,13H2,(H,15,17)(H3,14,16,18)/b5-4+. The van der Waals surface area contributed by atoms with E-state index < -0.39 is 6.03 Å². The van der Waals surface area contributed by atoms with Crippen molar-refractivity contribution in [1.82, 2.24) is 10.6 Å². The molecule has 0 bridgehead atoms. The highest BCUT2D eigenvalue weighted by Crippen LogP contribution is 2.07. The van der Waals surface area contributed by atoms with Crippen molar-refractivity contribution in [3.8, 4) is 0 Å². The average Bonchev–Trinajstić information content (AvgIpc) is 2.32. The average molecular weight is 248 g/mol. The van der Waals surface area contributed by atoms with E-state index in [1.807, 2.05) is 12.1 Å². The highest BCUT2D eigenvalue weighted by Gasteiger charge is 1.96. The van der Waals surface area contributed by atoms with Crippen LogP contribution in [0.25, 0.3) is 6.08 Å². The first kappa shape index (κ1) is 13.6. The number of benzene rings is 1. The number of carbonyl (C=O) groups excluding carboxylic acids is 2. The Hall–Kier alpha value is -2.50. The monoisotopic (exact) mass is 248 g/mol. The first-order valence-corrected chi connectivity index (χ1v) is 5.42. The van der Waals surface area contributed by atoms with Gasteiger partial charge in [0.25, 0.3) is 0 Å². The number of amides is 3. The van der Waals surface area contributed by atoms with Crippen LogP contribution in [0.15, 0.2) is 30.3 Å². The number of hydrogen-bond acceptors (Lipinski definition) is 3. The van der Waals surface area contributed by atoms with E-state index in [2.05, 4.69) is 10.6 Å². The van der Waals surface area contributed by atoms with Crippen molar-refractivity contribution in [3.05, 3.63) is 35.9 Å². The first-order chi connectivity index (χ1) is 8.58. The van der Waals surface area contributed by atoms with Crippen LogP contribution in [-0.4, -0.2) is 25.0 Å². The number of nitrogens with one attached hydrogen (secondary N) is 2. The van der Waals surface area contributed by atoms with E-state index in [0.29, 0.717) is 18.8 Å². The lowest BCUT2D eigenvalue weighted by molar-refractivity contribution is -0.116. The molecular weight excluding hydrogens is 232 g/mol. The fourth-order valence-corrected chi connectivity index (χ4v) is 1.26. The van der Waals surface area contributed by atoms with Crippen LogP contribution in [0.1, 0.15) is 5.56 Å². The second kappa shape index (κ2) is 6.95. The zero-order valence-corrected chi connectivity index (χ0v) is 9.85. The molecule has 6 nitrogen and oxygen atoms in total. The summed E-state index contributed by atoms with van der Waals surface area (Å²) in [7, 11) is 0. The number of primary amides is 1. The first-order valence-electron chi connectivity index (χ1n) is 5.42. The summed E-state index contributed by atoms with van der Waals surface area (Å²) < 4.78 is 0. The molecule has 0 aliphatic rings. The second-order valence-electron chi connectivity index (χ2n) is 3.59. The maximum Gasteiger partial charge on any atom is 0.312 e. The highest BCUT2D eigenvalue weighted by atomic mass is 16.2. The van der Waals surface area contributed by atoms with Crippen LogP contribution < -0.4 is 22.1 Å². The van der Waals surface area contributed by atoms with Crippen LogP contribution in [0.4, 0.5) is 10.5 Å². The van der Waals surface area contributed by atoms with Gasteiger partial charge in [-0.05, 0) is 23.8 Å². The number of hydrogen-bond donors (Lipinski definition) is 4. The van der Waals surface area contributed by atoms with Crippen LogP contribution in [0.2, 0.25) is 0 Å². The van der Waals surface area contributed by atoms with Gasteiger partial charge in [-0.1, -0.05) is 12.1 Å². The maximum absolute atomic E-state index is 11.4. The molecule has 0 heterocycles. The summed E-state index contributed by atoms with van der Waals surface area (Å²) in [6, 6.07) is 6.57. The van der Waals surface area contributed by atoms with Crippen LogP contribution in [0, 0.1) is 0 Å². The van der Waals surface area contributed by atoms with E-state index >= 15 is 0 Å². The fraction of sp³-hybridized carbons (Fsp3) is 0.167. The van der Waals surface area contributed by atoms with E-state index in [-0.39, 0.29) is 5.91 Å². The zero-order valence-electron chi connectivity index (χ0n) is 9.85. The molecule has 0 saturated heterocycles. The molecule has 3 amide bonds. The summed E-state index contributed by atoms with van der Waals surface area (Å²) >= 11 is 0. The van der Waals surface area contributed by atoms with E-state index in [9.17, 15) is 9.59 Å². The molecule has 0 unspecified atom stereocenters. The topological polar surface area (TPSA) is 110 Å². The van der Waals surface area contributed by atoms with Crippen LogP contribution in [-0.2, 0) is 4.79 Å². The summed E-state index contributed by atoms with van der Waals surface area (Å²) in [5.41, 5.74) is 12.0. The van der Waals surface area contributed by atoms with Crippen LogP contribution >= 0.6 is 0 Å². The lowest BCUT2D eigenvalue weighted by atomic mass is 10.2. The van der Waals surface area contributed by atoms with Gasteiger partial charge in [0.15, 0.2) is 0 Å². The Morgan fingerprint density at radius 2 is 1.94 bits per heavy atom. The Labute approximate surface area is 105 Å². The van der Waals surface area contributed by atoms with Crippen LogP contribution in [0.3, 0.4) is 0 Å². The molecular formula is C12H16N4O2. The van der Waals surface area contributed by atoms with Crippen molar-refractivity contribution < 1.29 is 9.59 Å². The number of urea groups is 1. The lowest BCUT2D eigenvalue weighted by Gasteiger charge is -2.02. The molecule has 1 aromatic rings. The normalized spacial score (nSPS) is 10.2. The molecule has 0 aliphatic heterocycles. The van der Waals surface area contributed by atoms with Crippen molar-refractivity contribution in [2.45, 2.75) is 0 Å². The second-order valence-corrected chi connectivity index (χ2v) is 3.59. The van der Waals surface area contributed by atoms with Gasteiger partial charge in [0.1, 0.15) is 0 Å². The van der Waals surface area contributed by atoms with E-state index in [1.54, 1.807) is 18.2 Å². The Bertz CT molecular complexity index is 457. The van der Waals surface area contributed by atoms with Gasteiger partial charge in [-0.15, -0.1) is 0 Å². The third-order valence-corrected chi connectivity index (χ3v) is 2.06. The molecule has 96 valence electrons. The van der Waals surface area contributed by atoms with Gasteiger partial charge in [-0.3, -0.25) is 4.79 Å². The summed E-state index contributed by atoms with van der Waals surface area (Å²) in [5.74, 6) is -0.247. The predicted molar refractivity (Wildman–Crippen MR) is 70.5 cm³/mol. The van der Waals surface area contributed by atoms with Crippen LogP contribution in [0.5, 0.6) is 0 Å². The molecule has 0 saturated carbocycles. The molecule has 1 aromatic carbocycles. The molecule has 0 fully saturated rings. The Morgan fingerprint density at radius 3 is 2.61 bits per heavy atom. The maximum atomic E-state index is 11.4. The van der Waals surface area contributed by atoms with Crippen molar-refractivity contribution >= 4 is 23.7 Å². The Balaban J connectivity index is 2.33. The number of nitrogens with two attached hydrogens (primary N) is 2. The smallest absolute Gasteiger partial charge is 0.312 e. The number of anilines is 1. The number of carbonyl (C=O) groups is 2. The Morgan fingerprint density at radius 1 is 1.22 bits per heavy atom. The van der Waals surface area contributed by atoms with Crippen molar-refractivity contribution in [2.24, 2.45) is 5.73 Å². The largest absolute Gasteiger partial charge is 0.399 e. The van der Waals surface area contributed by atoms with Gasteiger partial charge < -0.3 is 22.1 Å². The summed E-state index contributed by atoms with van der Waals surface area (Å²) in [6.07, 6.45) is 3.06. The predicted octanol–water partition coefficient (Wildman–Crippen LogP) is 0.0665. The molecule has 0 spiro atoms.